The third-order valence-electron chi connectivity index (χ3n) is 12.9. The zero-order valence-electron chi connectivity index (χ0n) is 31.4. The molecular formula is C49H38N2O6. The Hall–Kier alpha value is -6.67. The molecule has 0 radical (unpaired) electrons. The number of imide groups is 1. The molecule has 1 N–H and O–H groups in total. The van der Waals surface area contributed by atoms with E-state index in [4.69, 9.17) is 4.42 Å². The Balaban J connectivity index is 1.11. The molecule has 6 atom stereocenters. The van der Waals surface area contributed by atoms with Gasteiger partial charge >= 0.3 is 0 Å². The van der Waals surface area contributed by atoms with Gasteiger partial charge < -0.3 is 9.52 Å². The highest BCUT2D eigenvalue weighted by atomic mass is 16.3. The molecule has 10 rings (SSSR count). The number of fused-ring (bicyclic) bond motifs is 5. The Kier molecular flexibility index (Phi) is 7.90. The fourth-order valence-corrected chi connectivity index (χ4v) is 10.4. The molecule has 57 heavy (non-hydrogen) atoms. The molecule has 1 aromatic heterocycles. The summed E-state index contributed by atoms with van der Waals surface area (Å²) in [6.45, 7) is 3.66. The van der Waals surface area contributed by atoms with Crippen LogP contribution in [0.4, 0.5) is 5.69 Å². The lowest BCUT2D eigenvalue weighted by Gasteiger charge is -2.55. The second-order valence-corrected chi connectivity index (χ2v) is 15.8. The summed E-state index contributed by atoms with van der Waals surface area (Å²) in [5.74, 6) is -3.69. The molecule has 8 heteroatoms. The Labute approximate surface area is 329 Å². The smallest absolute Gasteiger partial charge is 0.238 e. The highest BCUT2D eigenvalue weighted by Gasteiger charge is 2.66. The molecule has 2 fully saturated rings. The van der Waals surface area contributed by atoms with Crippen molar-refractivity contribution in [3.05, 3.63) is 167 Å². The first-order chi connectivity index (χ1) is 27.7. The summed E-state index contributed by atoms with van der Waals surface area (Å²) < 4.78 is 5.97. The van der Waals surface area contributed by atoms with E-state index >= 15 is 9.59 Å². The van der Waals surface area contributed by atoms with Crippen LogP contribution in [-0.4, -0.2) is 33.5 Å². The van der Waals surface area contributed by atoms with Gasteiger partial charge in [-0.2, -0.15) is 0 Å². The molecule has 280 valence electrons. The number of anilines is 1. The van der Waals surface area contributed by atoms with Gasteiger partial charge in [0.1, 0.15) is 11.3 Å². The number of phenolic OH excluding ortho intramolecular Hbond substituents is 1. The van der Waals surface area contributed by atoms with E-state index in [2.05, 4.69) is 11.1 Å². The lowest BCUT2D eigenvalue weighted by Crippen LogP contribution is -2.58. The van der Waals surface area contributed by atoms with Gasteiger partial charge in [-0.3, -0.25) is 24.1 Å². The van der Waals surface area contributed by atoms with E-state index in [0.29, 0.717) is 51.4 Å². The fraction of sp³-hybridized carbons (Fsp3) is 0.204. The van der Waals surface area contributed by atoms with Gasteiger partial charge in [0.15, 0.2) is 17.1 Å². The molecule has 3 aliphatic carbocycles. The van der Waals surface area contributed by atoms with Gasteiger partial charge in [0.2, 0.25) is 17.7 Å². The fourth-order valence-electron chi connectivity index (χ4n) is 10.4. The van der Waals surface area contributed by atoms with Crippen molar-refractivity contribution in [2.45, 2.75) is 38.0 Å². The van der Waals surface area contributed by atoms with E-state index in [1.807, 2.05) is 111 Å². The lowest BCUT2D eigenvalue weighted by molar-refractivity contribution is -0.135. The van der Waals surface area contributed by atoms with Gasteiger partial charge in [0.25, 0.3) is 0 Å². The third kappa shape index (κ3) is 5.09. The zero-order chi connectivity index (χ0) is 39.2. The Morgan fingerprint density at radius 3 is 2.12 bits per heavy atom. The minimum Gasteiger partial charge on any atom is -0.507 e. The summed E-state index contributed by atoms with van der Waals surface area (Å²) in [6, 6.07) is 37.2. The topological polar surface area (TPSA) is 118 Å². The summed E-state index contributed by atoms with van der Waals surface area (Å²) in [5, 5.41) is 10.9. The molecule has 2 amide bonds. The van der Waals surface area contributed by atoms with Crippen LogP contribution in [0, 0.1) is 37.5 Å². The third-order valence-corrected chi connectivity index (χ3v) is 12.9. The number of aryl methyl sites for hydroxylation is 2. The van der Waals surface area contributed by atoms with Crippen LogP contribution in [0.1, 0.15) is 46.6 Å². The van der Waals surface area contributed by atoms with Crippen LogP contribution in [0.3, 0.4) is 0 Å². The molecule has 0 bridgehead atoms. The van der Waals surface area contributed by atoms with Crippen molar-refractivity contribution in [2.75, 3.05) is 4.90 Å². The number of benzene rings is 5. The second kappa shape index (κ2) is 12.9. The van der Waals surface area contributed by atoms with Crippen LogP contribution in [0.2, 0.25) is 0 Å². The molecule has 0 unspecified atom stereocenters. The molecule has 6 aromatic rings. The number of carbonyl (C=O) groups is 4. The summed E-state index contributed by atoms with van der Waals surface area (Å²) in [6.07, 6.45) is 4.12. The Bertz CT molecular complexity index is 2670. The predicted molar refractivity (Wildman–Crippen MR) is 216 cm³/mol. The molecule has 2 heterocycles. The van der Waals surface area contributed by atoms with E-state index in [-0.39, 0.29) is 35.6 Å². The molecule has 4 aliphatic rings. The van der Waals surface area contributed by atoms with Crippen molar-refractivity contribution in [2.24, 2.45) is 23.7 Å². The number of ketones is 2. The highest BCUT2D eigenvalue weighted by molar-refractivity contribution is 6.32. The first kappa shape index (κ1) is 34.8. The van der Waals surface area contributed by atoms with Crippen molar-refractivity contribution in [1.82, 2.24) is 4.98 Å². The van der Waals surface area contributed by atoms with Crippen molar-refractivity contribution in [3.63, 3.8) is 0 Å². The van der Waals surface area contributed by atoms with E-state index < -0.39 is 35.0 Å². The van der Waals surface area contributed by atoms with Gasteiger partial charge in [0.05, 0.1) is 22.9 Å². The lowest BCUT2D eigenvalue weighted by atomic mass is 9.44. The minimum absolute atomic E-state index is 0.161. The summed E-state index contributed by atoms with van der Waals surface area (Å²) in [4.78, 5) is 65.6. The van der Waals surface area contributed by atoms with E-state index in [9.17, 15) is 14.7 Å². The summed E-state index contributed by atoms with van der Waals surface area (Å²) >= 11 is 0. The molecule has 1 aliphatic heterocycles. The maximum Gasteiger partial charge on any atom is 0.238 e. The largest absolute Gasteiger partial charge is 0.507 e. The highest BCUT2D eigenvalue weighted by Crippen LogP contribution is 2.64. The van der Waals surface area contributed by atoms with Crippen LogP contribution >= 0.6 is 0 Å². The van der Waals surface area contributed by atoms with Crippen LogP contribution < -0.4 is 4.90 Å². The molecular weight excluding hydrogens is 713 g/mol. The van der Waals surface area contributed by atoms with Gasteiger partial charge in [-0.1, -0.05) is 96.6 Å². The average molecular weight is 751 g/mol. The molecule has 8 nitrogen and oxygen atoms in total. The molecule has 1 saturated carbocycles. The number of aromatic hydroxyl groups is 1. The number of phenols is 1. The normalized spacial score (nSPS) is 25.5. The van der Waals surface area contributed by atoms with E-state index in [1.165, 1.54) is 11.0 Å². The Morgan fingerprint density at radius 2 is 1.42 bits per heavy atom. The number of nitrogens with zero attached hydrogens (tertiary/aromatic N) is 2. The number of rotatable bonds is 5. The van der Waals surface area contributed by atoms with Crippen LogP contribution in [0.15, 0.2) is 143 Å². The van der Waals surface area contributed by atoms with Crippen molar-refractivity contribution in [1.29, 1.82) is 0 Å². The number of aromatic nitrogens is 1. The van der Waals surface area contributed by atoms with Gasteiger partial charge in [-0.05, 0) is 103 Å². The number of allylic oxidation sites excluding steroid dienone is 4. The van der Waals surface area contributed by atoms with Crippen molar-refractivity contribution >= 4 is 45.7 Å². The zero-order valence-corrected chi connectivity index (χ0v) is 31.4. The minimum atomic E-state index is -1.34. The molecule has 0 spiro atoms. The maximum absolute atomic E-state index is 15.3. The number of amides is 2. The monoisotopic (exact) mass is 750 g/mol. The number of oxazole rings is 1. The first-order valence-electron chi connectivity index (χ1n) is 19.4. The van der Waals surface area contributed by atoms with E-state index in [0.717, 1.165) is 22.2 Å². The van der Waals surface area contributed by atoms with Crippen LogP contribution in [-0.2, 0) is 24.6 Å². The summed E-state index contributed by atoms with van der Waals surface area (Å²) in [7, 11) is 0. The van der Waals surface area contributed by atoms with Gasteiger partial charge in [-0.15, -0.1) is 0 Å². The molecule has 1 saturated heterocycles. The maximum atomic E-state index is 15.3. The van der Waals surface area contributed by atoms with Gasteiger partial charge in [0, 0.05) is 23.0 Å². The van der Waals surface area contributed by atoms with Crippen LogP contribution in [0.5, 0.6) is 5.75 Å². The molecule has 5 aromatic carbocycles. The van der Waals surface area contributed by atoms with Crippen LogP contribution in [0.25, 0.3) is 28.1 Å². The van der Waals surface area contributed by atoms with Crippen molar-refractivity contribution in [3.8, 4) is 17.2 Å². The standard InChI is InChI=1S/C49H38N2O6/c1-27-23-31(24-28(2)44(27)53)43-34-21-22-35-42(48(56)51(47(35)55)33-19-17-30(18-20-33)46-50-39-15-9-10-16-40(39)57-46)37(34)25-38-45(54)36(29-11-5-3-6-12-29)26-41(52)49(38,43)32-13-7-4-8-14-32/h3-21,23-24,26,35,37-38,42-43,53H,22,25H2,1-2H3/t35-,37+,38-,42-,43-,49-/m0/s1. The number of hydrogen-bond acceptors (Lipinski definition) is 7. The summed E-state index contributed by atoms with van der Waals surface area (Å²) in [5.41, 5.74) is 5.92. The quantitative estimate of drug-likeness (QED) is 0.138. The van der Waals surface area contributed by atoms with Crippen molar-refractivity contribution < 1.29 is 28.7 Å². The number of Topliss-reactive ketones (excluding diaryl/α,β-unsaturated/α-hetero) is 1. The Morgan fingerprint density at radius 1 is 0.754 bits per heavy atom. The predicted octanol–water partition coefficient (Wildman–Crippen LogP) is 8.85. The number of para-hydroxylation sites is 2. The first-order valence-corrected chi connectivity index (χ1v) is 19.4. The number of carbonyl (C=O) groups excluding carboxylic acids is 4. The second-order valence-electron chi connectivity index (χ2n) is 15.8. The van der Waals surface area contributed by atoms with Gasteiger partial charge in [-0.25, -0.2) is 4.98 Å². The average Bonchev–Trinajstić information content (AvgIpc) is 3.79. The SMILES string of the molecule is Cc1cc([C@H]2C3=CC[C@@H]4C(=O)N(c5ccc(-c6nc7ccccc7o6)cc5)C(=O)[C@@H]4[C@@H]3C[C@H]3C(=O)C(c4ccccc4)=CC(=O)[C@@]23c2ccccc2)cc(C)c1O. The van der Waals surface area contributed by atoms with E-state index in [1.54, 1.807) is 24.3 Å². The number of hydrogen-bond donors (Lipinski definition) is 1.